The Morgan fingerprint density at radius 2 is 1.70 bits per heavy atom. The number of carbonyl (C=O) groups is 3. The van der Waals surface area contributed by atoms with E-state index in [4.69, 9.17) is 0 Å². The number of methoxy groups -OCH3 is 1. The lowest BCUT2D eigenvalue weighted by Gasteiger charge is -2.20. The van der Waals surface area contributed by atoms with Crippen molar-refractivity contribution in [2.24, 2.45) is 5.41 Å². The normalized spacial score (nSPS) is 15.3. The lowest BCUT2D eigenvalue weighted by atomic mass is 10.0. The average Bonchev–Trinajstić information content (AvgIpc) is 3.50. The van der Waals surface area contributed by atoms with Crippen LogP contribution < -0.4 is 10.6 Å². The molecule has 140 valence electrons. The van der Waals surface area contributed by atoms with E-state index in [2.05, 4.69) is 15.4 Å². The topological polar surface area (TPSA) is 84.5 Å². The fraction of sp³-hybridized carbons (Fsp3) is 0.286. The first-order valence-electron chi connectivity index (χ1n) is 8.82. The summed E-state index contributed by atoms with van der Waals surface area (Å²) in [7, 11) is 1.30. The summed E-state index contributed by atoms with van der Waals surface area (Å²) in [6, 6.07) is 15.9. The molecule has 0 aromatic heterocycles. The Balaban J connectivity index is 1.67. The first-order chi connectivity index (χ1) is 13.0. The van der Waals surface area contributed by atoms with Crippen molar-refractivity contribution in [3.8, 4) is 0 Å². The van der Waals surface area contributed by atoms with Crippen molar-refractivity contribution in [2.75, 3.05) is 12.4 Å². The Morgan fingerprint density at radius 3 is 2.33 bits per heavy atom. The molecule has 0 heterocycles. The quantitative estimate of drug-likeness (QED) is 0.608. The molecule has 1 atom stereocenters. The molecule has 1 fully saturated rings. The van der Waals surface area contributed by atoms with Gasteiger partial charge in [-0.2, -0.15) is 0 Å². The van der Waals surface area contributed by atoms with Crippen molar-refractivity contribution < 1.29 is 19.1 Å². The summed E-state index contributed by atoms with van der Waals surface area (Å²) in [5.74, 6) is -1.12. The number of ether oxygens (including phenoxy) is 1. The predicted molar refractivity (Wildman–Crippen MR) is 101 cm³/mol. The van der Waals surface area contributed by atoms with Crippen molar-refractivity contribution in [1.29, 1.82) is 0 Å². The van der Waals surface area contributed by atoms with E-state index in [0.29, 0.717) is 24.1 Å². The van der Waals surface area contributed by atoms with Crippen molar-refractivity contribution in [3.05, 3.63) is 65.7 Å². The Kier molecular flexibility index (Phi) is 5.26. The molecule has 1 aliphatic rings. The second-order valence-corrected chi connectivity index (χ2v) is 6.71. The van der Waals surface area contributed by atoms with Gasteiger partial charge in [0.05, 0.1) is 18.7 Å². The molecule has 2 aromatic rings. The Bertz CT molecular complexity index is 859. The zero-order valence-electron chi connectivity index (χ0n) is 15.3. The SMILES string of the molecule is COC(=O)c1cccc(NC(=O)C2(C(=O)NC(C)c3ccccc3)CC2)c1. The van der Waals surface area contributed by atoms with E-state index < -0.39 is 11.4 Å². The zero-order chi connectivity index (χ0) is 19.4. The van der Waals surface area contributed by atoms with Gasteiger partial charge in [0.15, 0.2) is 0 Å². The Labute approximate surface area is 157 Å². The molecule has 0 bridgehead atoms. The van der Waals surface area contributed by atoms with Crippen LogP contribution in [0.2, 0.25) is 0 Å². The number of rotatable bonds is 6. The second-order valence-electron chi connectivity index (χ2n) is 6.71. The van der Waals surface area contributed by atoms with Gasteiger partial charge in [-0.25, -0.2) is 4.79 Å². The molecule has 6 heteroatoms. The largest absolute Gasteiger partial charge is 0.465 e. The molecule has 1 unspecified atom stereocenters. The lowest BCUT2D eigenvalue weighted by molar-refractivity contribution is -0.134. The maximum atomic E-state index is 12.7. The van der Waals surface area contributed by atoms with Crippen molar-refractivity contribution in [3.63, 3.8) is 0 Å². The summed E-state index contributed by atoms with van der Waals surface area (Å²) in [5.41, 5.74) is 0.720. The summed E-state index contributed by atoms with van der Waals surface area (Å²) in [4.78, 5) is 37.1. The Morgan fingerprint density at radius 1 is 1.00 bits per heavy atom. The molecule has 2 aromatic carbocycles. The molecule has 0 radical (unpaired) electrons. The lowest BCUT2D eigenvalue weighted by Crippen LogP contribution is -2.41. The van der Waals surface area contributed by atoms with E-state index in [-0.39, 0.29) is 17.9 Å². The highest BCUT2D eigenvalue weighted by Gasteiger charge is 2.56. The molecule has 2 amide bonds. The van der Waals surface area contributed by atoms with Crippen LogP contribution in [0.1, 0.15) is 41.7 Å². The minimum atomic E-state index is -1.05. The standard InChI is InChI=1S/C21H22N2O4/c1-14(15-7-4-3-5-8-15)22-19(25)21(11-12-21)20(26)23-17-10-6-9-16(13-17)18(24)27-2/h3-10,13-14H,11-12H2,1-2H3,(H,22,25)(H,23,26). The van der Waals surface area contributed by atoms with Crippen LogP contribution in [0.3, 0.4) is 0 Å². The number of amides is 2. The van der Waals surface area contributed by atoms with E-state index in [9.17, 15) is 14.4 Å². The molecule has 2 N–H and O–H groups in total. The van der Waals surface area contributed by atoms with Gasteiger partial charge in [0.25, 0.3) is 0 Å². The van der Waals surface area contributed by atoms with Crippen LogP contribution in [0.5, 0.6) is 0 Å². The number of hydrogen-bond donors (Lipinski definition) is 2. The highest BCUT2D eigenvalue weighted by molar-refractivity contribution is 6.13. The van der Waals surface area contributed by atoms with Crippen LogP contribution in [0.15, 0.2) is 54.6 Å². The van der Waals surface area contributed by atoms with Crippen LogP contribution in [-0.2, 0) is 14.3 Å². The molecule has 3 rings (SSSR count). The highest BCUT2D eigenvalue weighted by atomic mass is 16.5. The van der Waals surface area contributed by atoms with Crippen LogP contribution in [0, 0.1) is 5.41 Å². The van der Waals surface area contributed by atoms with Crippen molar-refractivity contribution in [2.45, 2.75) is 25.8 Å². The van der Waals surface area contributed by atoms with Crippen molar-refractivity contribution in [1.82, 2.24) is 5.32 Å². The van der Waals surface area contributed by atoms with E-state index >= 15 is 0 Å². The average molecular weight is 366 g/mol. The van der Waals surface area contributed by atoms with Gasteiger partial charge in [-0.3, -0.25) is 9.59 Å². The van der Waals surface area contributed by atoms with Crippen molar-refractivity contribution >= 4 is 23.5 Å². The zero-order valence-corrected chi connectivity index (χ0v) is 15.3. The van der Waals surface area contributed by atoms with E-state index in [1.165, 1.54) is 13.2 Å². The molecular weight excluding hydrogens is 344 g/mol. The number of nitrogens with one attached hydrogen (secondary N) is 2. The third kappa shape index (κ3) is 4.00. The van der Waals surface area contributed by atoms with Gasteiger partial charge < -0.3 is 15.4 Å². The molecule has 0 aliphatic heterocycles. The molecule has 6 nitrogen and oxygen atoms in total. The van der Waals surface area contributed by atoms with E-state index in [1.807, 2.05) is 37.3 Å². The van der Waals surface area contributed by atoms with E-state index in [0.717, 1.165) is 5.56 Å². The number of esters is 1. The molecule has 0 spiro atoms. The number of carbonyl (C=O) groups excluding carboxylic acids is 3. The smallest absolute Gasteiger partial charge is 0.337 e. The highest BCUT2D eigenvalue weighted by Crippen LogP contribution is 2.47. The monoisotopic (exact) mass is 366 g/mol. The molecule has 1 aliphatic carbocycles. The van der Waals surface area contributed by atoms with Gasteiger partial charge in [-0.15, -0.1) is 0 Å². The molecular formula is C21H22N2O4. The van der Waals surface area contributed by atoms with Crippen LogP contribution in [0.4, 0.5) is 5.69 Å². The molecule has 27 heavy (non-hydrogen) atoms. The summed E-state index contributed by atoms with van der Waals surface area (Å²) < 4.78 is 4.68. The maximum Gasteiger partial charge on any atom is 0.337 e. The van der Waals surface area contributed by atoms with Crippen LogP contribution in [0.25, 0.3) is 0 Å². The number of hydrogen-bond acceptors (Lipinski definition) is 4. The van der Waals surface area contributed by atoms with Crippen LogP contribution in [-0.4, -0.2) is 24.9 Å². The van der Waals surface area contributed by atoms with Gasteiger partial charge in [0.1, 0.15) is 5.41 Å². The Hall–Kier alpha value is -3.15. The summed E-state index contributed by atoms with van der Waals surface area (Å²) >= 11 is 0. The summed E-state index contributed by atoms with van der Waals surface area (Å²) in [6.45, 7) is 1.89. The van der Waals surface area contributed by atoms with Gasteiger partial charge in [-0.05, 0) is 43.5 Å². The number of anilines is 1. The summed E-state index contributed by atoms with van der Waals surface area (Å²) in [6.07, 6.45) is 1.01. The van der Waals surface area contributed by atoms with Crippen LogP contribution >= 0.6 is 0 Å². The number of benzene rings is 2. The minimum Gasteiger partial charge on any atom is -0.465 e. The third-order valence-electron chi connectivity index (χ3n) is 4.81. The van der Waals surface area contributed by atoms with Gasteiger partial charge >= 0.3 is 5.97 Å². The fourth-order valence-electron chi connectivity index (χ4n) is 2.93. The maximum absolute atomic E-state index is 12.7. The second kappa shape index (κ2) is 7.61. The fourth-order valence-corrected chi connectivity index (χ4v) is 2.93. The predicted octanol–water partition coefficient (Wildman–Crippen LogP) is 3.07. The molecule has 0 saturated heterocycles. The minimum absolute atomic E-state index is 0.188. The van der Waals surface area contributed by atoms with E-state index in [1.54, 1.807) is 18.2 Å². The first-order valence-corrected chi connectivity index (χ1v) is 8.82. The first kappa shape index (κ1) is 18.6. The molecule has 1 saturated carbocycles. The van der Waals surface area contributed by atoms with Gasteiger partial charge in [-0.1, -0.05) is 36.4 Å². The van der Waals surface area contributed by atoms with Gasteiger partial charge in [0.2, 0.25) is 11.8 Å². The summed E-state index contributed by atoms with van der Waals surface area (Å²) in [5, 5.41) is 5.68. The van der Waals surface area contributed by atoms with Gasteiger partial charge in [0, 0.05) is 5.69 Å². The third-order valence-corrected chi connectivity index (χ3v) is 4.81.